The number of hydrogen-bond donors (Lipinski definition) is 1. The molecule has 0 aliphatic heterocycles. The third-order valence-electron chi connectivity index (χ3n) is 3.86. The Kier molecular flexibility index (Phi) is 7.83. The zero-order valence-corrected chi connectivity index (χ0v) is 15.0. The van der Waals surface area contributed by atoms with E-state index in [4.69, 9.17) is 9.47 Å². The van der Waals surface area contributed by atoms with Gasteiger partial charge in [0.15, 0.2) is 6.10 Å². The third kappa shape index (κ3) is 6.49. The fraction of sp³-hybridized carbons (Fsp3) is 0.381. The first kappa shape index (κ1) is 18.8. The Morgan fingerprint density at radius 2 is 1.72 bits per heavy atom. The van der Waals surface area contributed by atoms with Crippen LogP contribution < -0.4 is 14.8 Å². The van der Waals surface area contributed by atoms with Crippen molar-refractivity contribution >= 4 is 5.91 Å². The molecule has 0 spiro atoms. The first-order chi connectivity index (χ1) is 12.2. The zero-order chi connectivity index (χ0) is 17.9. The van der Waals surface area contributed by atoms with Crippen LogP contribution in [0.1, 0.15) is 32.3 Å². The van der Waals surface area contributed by atoms with Crippen molar-refractivity contribution in [3.8, 4) is 11.5 Å². The highest BCUT2D eigenvalue weighted by Crippen LogP contribution is 2.14. The third-order valence-corrected chi connectivity index (χ3v) is 3.86. The summed E-state index contributed by atoms with van der Waals surface area (Å²) in [6, 6.07) is 17.6. The molecule has 0 aliphatic carbocycles. The van der Waals surface area contributed by atoms with E-state index < -0.39 is 6.10 Å². The molecule has 25 heavy (non-hydrogen) atoms. The minimum absolute atomic E-state index is 0.0574. The first-order valence-electron chi connectivity index (χ1n) is 8.94. The molecule has 1 atom stereocenters. The maximum Gasteiger partial charge on any atom is 0.261 e. The minimum Gasteiger partial charge on any atom is -0.494 e. The average molecular weight is 341 g/mol. The number of aryl methyl sites for hydroxylation is 1. The van der Waals surface area contributed by atoms with Crippen LogP contribution in [0.15, 0.2) is 54.6 Å². The highest BCUT2D eigenvalue weighted by atomic mass is 16.5. The summed E-state index contributed by atoms with van der Waals surface area (Å²) < 4.78 is 11.2. The molecule has 0 heterocycles. The summed E-state index contributed by atoms with van der Waals surface area (Å²) in [6.45, 7) is 5.24. The lowest BCUT2D eigenvalue weighted by Crippen LogP contribution is -2.38. The van der Waals surface area contributed by atoms with Crippen LogP contribution in [-0.2, 0) is 11.2 Å². The van der Waals surface area contributed by atoms with Crippen LogP contribution in [0, 0.1) is 0 Å². The Bertz CT molecular complexity index is 625. The zero-order valence-electron chi connectivity index (χ0n) is 15.0. The Morgan fingerprint density at radius 1 is 1.00 bits per heavy atom. The van der Waals surface area contributed by atoms with Crippen molar-refractivity contribution in [2.75, 3.05) is 13.2 Å². The summed E-state index contributed by atoms with van der Waals surface area (Å²) >= 11 is 0. The van der Waals surface area contributed by atoms with Crippen LogP contribution in [0.3, 0.4) is 0 Å². The lowest BCUT2D eigenvalue weighted by molar-refractivity contribution is -0.128. The monoisotopic (exact) mass is 341 g/mol. The molecule has 0 radical (unpaired) electrons. The van der Waals surface area contributed by atoms with E-state index in [2.05, 4.69) is 17.4 Å². The van der Waals surface area contributed by atoms with Crippen molar-refractivity contribution in [2.45, 2.75) is 39.2 Å². The molecule has 1 N–H and O–H groups in total. The van der Waals surface area contributed by atoms with Gasteiger partial charge in [-0.05, 0) is 56.0 Å². The summed E-state index contributed by atoms with van der Waals surface area (Å²) in [7, 11) is 0. The summed E-state index contributed by atoms with van der Waals surface area (Å²) in [4.78, 5) is 12.3. The van der Waals surface area contributed by atoms with Gasteiger partial charge in [0.2, 0.25) is 0 Å². The summed E-state index contributed by atoms with van der Waals surface area (Å²) in [5.74, 6) is 1.56. The molecule has 0 aliphatic rings. The van der Waals surface area contributed by atoms with Crippen molar-refractivity contribution in [3.05, 3.63) is 60.2 Å². The van der Waals surface area contributed by atoms with Gasteiger partial charge in [0, 0.05) is 6.54 Å². The van der Waals surface area contributed by atoms with Crippen molar-refractivity contribution < 1.29 is 14.3 Å². The summed E-state index contributed by atoms with van der Waals surface area (Å²) in [6.07, 6.45) is 2.00. The second-order valence-corrected chi connectivity index (χ2v) is 5.80. The number of benzene rings is 2. The number of para-hydroxylation sites is 1. The van der Waals surface area contributed by atoms with Crippen molar-refractivity contribution in [1.29, 1.82) is 0 Å². The number of hydrogen-bond acceptors (Lipinski definition) is 3. The second-order valence-electron chi connectivity index (χ2n) is 5.80. The molecule has 134 valence electrons. The van der Waals surface area contributed by atoms with Crippen molar-refractivity contribution in [3.63, 3.8) is 0 Å². The van der Waals surface area contributed by atoms with E-state index >= 15 is 0 Å². The van der Waals surface area contributed by atoms with Gasteiger partial charge in [0.25, 0.3) is 5.91 Å². The van der Waals surface area contributed by atoms with Crippen LogP contribution in [0.4, 0.5) is 0 Å². The maximum absolute atomic E-state index is 12.3. The van der Waals surface area contributed by atoms with E-state index in [-0.39, 0.29) is 5.91 Å². The van der Waals surface area contributed by atoms with Crippen LogP contribution in [0.5, 0.6) is 11.5 Å². The lowest BCUT2D eigenvalue weighted by atomic mass is 10.1. The summed E-state index contributed by atoms with van der Waals surface area (Å²) in [5, 5.41) is 2.97. The van der Waals surface area contributed by atoms with Gasteiger partial charge in [-0.2, -0.15) is 0 Å². The maximum atomic E-state index is 12.3. The normalized spacial score (nSPS) is 11.6. The highest BCUT2D eigenvalue weighted by molar-refractivity contribution is 5.81. The molecule has 4 heteroatoms. The largest absolute Gasteiger partial charge is 0.494 e. The summed E-state index contributed by atoms with van der Waals surface area (Å²) in [5.41, 5.74) is 1.24. The molecule has 4 nitrogen and oxygen atoms in total. The molecule has 1 unspecified atom stereocenters. The van der Waals surface area contributed by atoms with Gasteiger partial charge in [0.1, 0.15) is 11.5 Å². The van der Waals surface area contributed by atoms with E-state index in [1.54, 1.807) is 0 Å². The minimum atomic E-state index is -0.451. The average Bonchev–Trinajstić information content (AvgIpc) is 2.65. The first-order valence-corrected chi connectivity index (χ1v) is 8.94. The molecule has 2 aromatic rings. The van der Waals surface area contributed by atoms with Crippen LogP contribution in [0.25, 0.3) is 0 Å². The van der Waals surface area contributed by atoms with Gasteiger partial charge >= 0.3 is 0 Å². The Morgan fingerprint density at radius 3 is 2.36 bits per heavy atom. The predicted molar refractivity (Wildman–Crippen MR) is 100 cm³/mol. The van der Waals surface area contributed by atoms with Gasteiger partial charge in [-0.1, -0.05) is 37.3 Å². The molecule has 0 bridgehead atoms. The van der Waals surface area contributed by atoms with E-state index in [0.29, 0.717) is 19.6 Å². The van der Waals surface area contributed by atoms with E-state index in [0.717, 1.165) is 24.3 Å². The Labute approximate surface area is 150 Å². The molecular weight excluding hydrogens is 314 g/mol. The van der Waals surface area contributed by atoms with Crippen molar-refractivity contribution in [2.24, 2.45) is 0 Å². The van der Waals surface area contributed by atoms with Gasteiger partial charge in [-0.25, -0.2) is 0 Å². The smallest absolute Gasteiger partial charge is 0.261 e. The molecule has 0 aromatic heterocycles. The molecule has 1 amide bonds. The lowest BCUT2D eigenvalue weighted by Gasteiger charge is -2.17. The van der Waals surface area contributed by atoms with Gasteiger partial charge < -0.3 is 14.8 Å². The number of nitrogens with one attached hydrogen (secondary N) is 1. The second kappa shape index (κ2) is 10.4. The standard InChI is InChI=1S/C21H27NO3/c1-3-20(25-19-10-6-5-7-11-19)21(23)22-16-8-9-17-12-14-18(15-13-17)24-4-2/h5-7,10-15,20H,3-4,8-9,16H2,1-2H3,(H,22,23). The number of carbonyl (C=O) groups is 1. The van der Waals surface area contributed by atoms with E-state index in [1.165, 1.54) is 5.56 Å². The quantitative estimate of drug-likeness (QED) is 0.665. The Balaban J connectivity index is 1.71. The molecule has 0 fully saturated rings. The molecule has 0 saturated carbocycles. The number of ether oxygens (including phenoxy) is 2. The van der Waals surface area contributed by atoms with Gasteiger partial charge in [-0.3, -0.25) is 4.79 Å². The molecule has 2 rings (SSSR count). The Hall–Kier alpha value is -2.49. The van der Waals surface area contributed by atoms with Crippen LogP contribution in [-0.4, -0.2) is 25.2 Å². The fourth-order valence-electron chi connectivity index (χ4n) is 2.52. The SMILES string of the molecule is CCOc1ccc(CCCNC(=O)C(CC)Oc2ccccc2)cc1. The number of amides is 1. The topological polar surface area (TPSA) is 47.6 Å². The van der Waals surface area contributed by atoms with E-state index in [9.17, 15) is 4.79 Å². The fourth-order valence-corrected chi connectivity index (χ4v) is 2.52. The van der Waals surface area contributed by atoms with Crippen molar-refractivity contribution in [1.82, 2.24) is 5.32 Å². The predicted octanol–water partition coefficient (Wildman–Crippen LogP) is 3.99. The van der Waals surface area contributed by atoms with Crippen LogP contribution >= 0.6 is 0 Å². The van der Waals surface area contributed by atoms with Gasteiger partial charge in [0.05, 0.1) is 6.61 Å². The van der Waals surface area contributed by atoms with E-state index in [1.807, 2.05) is 56.3 Å². The number of carbonyl (C=O) groups excluding carboxylic acids is 1. The van der Waals surface area contributed by atoms with Crippen LogP contribution in [0.2, 0.25) is 0 Å². The molecular formula is C21H27NO3. The van der Waals surface area contributed by atoms with Gasteiger partial charge in [-0.15, -0.1) is 0 Å². The molecule has 0 saturated heterocycles. The highest BCUT2D eigenvalue weighted by Gasteiger charge is 2.17. The number of rotatable bonds is 10. The molecule has 2 aromatic carbocycles.